The SMILES string of the molecule is Cc1ccc(Sc2ncnc(Cl)c2C(C)C)cc1. The molecule has 0 saturated carbocycles. The fourth-order valence-corrected chi connectivity index (χ4v) is 3.09. The fraction of sp³-hybridized carbons (Fsp3) is 0.286. The smallest absolute Gasteiger partial charge is 0.137 e. The number of hydrogen-bond donors (Lipinski definition) is 0. The Morgan fingerprint density at radius 1 is 1.11 bits per heavy atom. The first-order valence-corrected chi connectivity index (χ1v) is 7.02. The monoisotopic (exact) mass is 278 g/mol. The molecule has 0 aliphatic heterocycles. The first-order chi connectivity index (χ1) is 8.58. The van der Waals surface area contributed by atoms with Crippen molar-refractivity contribution < 1.29 is 0 Å². The molecule has 0 amide bonds. The van der Waals surface area contributed by atoms with Gasteiger partial charge >= 0.3 is 0 Å². The molecule has 1 aromatic heterocycles. The van der Waals surface area contributed by atoms with Crippen molar-refractivity contribution >= 4 is 23.4 Å². The molecule has 0 fully saturated rings. The van der Waals surface area contributed by atoms with Crippen LogP contribution < -0.4 is 0 Å². The first-order valence-electron chi connectivity index (χ1n) is 5.83. The highest BCUT2D eigenvalue weighted by Gasteiger charge is 2.14. The zero-order chi connectivity index (χ0) is 13.1. The molecule has 0 spiro atoms. The van der Waals surface area contributed by atoms with Crippen molar-refractivity contribution in [2.45, 2.75) is 36.6 Å². The molecule has 94 valence electrons. The first kappa shape index (κ1) is 13.4. The Kier molecular flexibility index (Phi) is 4.25. The van der Waals surface area contributed by atoms with Crippen molar-refractivity contribution in [2.24, 2.45) is 0 Å². The van der Waals surface area contributed by atoms with Crippen LogP contribution in [0.15, 0.2) is 40.5 Å². The molecule has 0 radical (unpaired) electrons. The number of rotatable bonds is 3. The average Bonchev–Trinajstić information content (AvgIpc) is 2.32. The van der Waals surface area contributed by atoms with Crippen LogP contribution in [-0.4, -0.2) is 9.97 Å². The summed E-state index contributed by atoms with van der Waals surface area (Å²) in [6, 6.07) is 8.39. The van der Waals surface area contributed by atoms with E-state index in [9.17, 15) is 0 Å². The topological polar surface area (TPSA) is 25.8 Å². The highest BCUT2D eigenvalue weighted by atomic mass is 35.5. The summed E-state index contributed by atoms with van der Waals surface area (Å²) in [7, 11) is 0. The molecule has 0 N–H and O–H groups in total. The van der Waals surface area contributed by atoms with Gasteiger partial charge in [0.05, 0.1) is 0 Å². The van der Waals surface area contributed by atoms with Gasteiger partial charge < -0.3 is 0 Å². The van der Waals surface area contributed by atoms with Crippen molar-refractivity contribution in [1.82, 2.24) is 9.97 Å². The minimum Gasteiger partial charge on any atom is -0.229 e. The van der Waals surface area contributed by atoms with Gasteiger partial charge in [-0.2, -0.15) is 0 Å². The van der Waals surface area contributed by atoms with Gasteiger partial charge in [-0.1, -0.05) is 54.9 Å². The average molecular weight is 279 g/mol. The number of hydrogen-bond acceptors (Lipinski definition) is 3. The number of nitrogens with zero attached hydrogens (tertiary/aromatic N) is 2. The number of aryl methyl sites for hydroxylation is 1. The molecule has 0 aliphatic rings. The zero-order valence-corrected chi connectivity index (χ0v) is 12.2. The molecule has 1 aromatic carbocycles. The van der Waals surface area contributed by atoms with Gasteiger partial charge in [-0.25, -0.2) is 9.97 Å². The molecule has 2 aromatic rings. The highest BCUT2D eigenvalue weighted by Crippen LogP contribution is 2.35. The molecule has 0 aliphatic carbocycles. The number of benzene rings is 1. The van der Waals surface area contributed by atoms with Crippen molar-refractivity contribution in [3.8, 4) is 0 Å². The van der Waals surface area contributed by atoms with Gasteiger partial charge in [0.1, 0.15) is 16.5 Å². The second-order valence-corrected chi connectivity index (χ2v) is 5.87. The predicted molar refractivity (Wildman–Crippen MR) is 76.4 cm³/mol. The third kappa shape index (κ3) is 3.03. The molecule has 0 unspecified atom stereocenters. The normalized spacial score (nSPS) is 10.9. The van der Waals surface area contributed by atoms with E-state index in [4.69, 9.17) is 11.6 Å². The van der Waals surface area contributed by atoms with E-state index in [-0.39, 0.29) is 0 Å². The zero-order valence-electron chi connectivity index (χ0n) is 10.6. The largest absolute Gasteiger partial charge is 0.229 e. The minimum absolute atomic E-state index is 0.312. The van der Waals surface area contributed by atoms with Crippen LogP contribution >= 0.6 is 23.4 Å². The van der Waals surface area contributed by atoms with Crippen LogP contribution in [0.1, 0.15) is 30.9 Å². The molecule has 2 rings (SSSR count). The van der Waals surface area contributed by atoms with Crippen LogP contribution in [0.3, 0.4) is 0 Å². The van der Waals surface area contributed by atoms with E-state index >= 15 is 0 Å². The molecular formula is C14H15ClN2S. The lowest BCUT2D eigenvalue weighted by Gasteiger charge is -2.12. The van der Waals surface area contributed by atoms with E-state index < -0.39 is 0 Å². The lowest BCUT2D eigenvalue weighted by molar-refractivity contribution is 0.803. The molecule has 0 saturated heterocycles. The molecule has 1 heterocycles. The highest BCUT2D eigenvalue weighted by molar-refractivity contribution is 7.99. The Morgan fingerprint density at radius 2 is 1.78 bits per heavy atom. The van der Waals surface area contributed by atoms with E-state index in [2.05, 4.69) is 55.0 Å². The van der Waals surface area contributed by atoms with E-state index in [1.165, 1.54) is 11.9 Å². The van der Waals surface area contributed by atoms with Gasteiger partial charge in [-0.15, -0.1) is 0 Å². The summed E-state index contributed by atoms with van der Waals surface area (Å²) in [5.41, 5.74) is 2.27. The standard InChI is InChI=1S/C14H15ClN2S/c1-9(2)12-13(15)16-8-17-14(12)18-11-6-4-10(3)5-7-11/h4-9H,1-3H3. The van der Waals surface area contributed by atoms with E-state index in [0.29, 0.717) is 11.1 Å². The summed E-state index contributed by atoms with van der Waals surface area (Å²) >= 11 is 7.78. The van der Waals surface area contributed by atoms with Crippen LogP contribution in [0.2, 0.25) is 5.15 Å². The van der Waals surface area contributed by atoms with Crippen LogP contribution in [0.4, 0.5) is 0 Å². The van der Waals surface area contributed by atoms with E-state index in [1.54, 1.807) is 11.8 Å². The summed E-state index contributed by atoms with van der Waals surface area (Å²) in [6.07, 6.45) is 1.52. The van der Waals surface area contributed by atoms with Gasteiger partial charge in [-0.05, 0) is 25.0 Å². The molecule has 0 bridgehead atoms. The second-order valence-electron chi connectivity index (χ2n) is 4.45. The Morgan fingerprint density at radius 3 is 2.39 bits per heavy atom. The predicted octanol–water partition coefficient (Wildman–Crippen LogP) is 4.71. The molecule has 18 heavy (non-hydrogen) atoms. The molecule has 0 atom stereocenters. The summed E-state index contributed by atoms with van der Waals surface area (Å²) in [6.45, 7) is 6.28. The van der Waals surface area contributed by atoms with Crippen LogP contribution in [-0.2, 0) is 0 Å². The van der Waals surface area contributed by atoms with Crippen molar-refractivity contribution in [3.63, 3.8) is 0 Å². The number of halogens is 1. The van der Waals surface area contributed by atoms with Gasteiger partial charge in [-0.3, -0.25) is 0 Å². The number of aromatic nitrogens is 2. The maximum absolute atomic E-state index is 6.15. The summed E-state index contributed by atoms with van der Waals surface area (Å²) in [5.74, 6) is 0.312. The Bertz CT molecular complexity index is 538. The van der Waals surface area contributed by atoms with Crippen molar-refractivity contribution in [3.05, 3.63) is 46.9 Å². The lowest BCUT2D eigenvalue weighted by atomic mass is 10.1. The molecule has 2 nitrogen and oxygen atoms in total. The van der Waals surface area contributed by atoms with Crippen LogP contribution in [0.5, 0.6) is 0 Å². The maximum Gasteiger partial charge on any atom is 0.137 e. The van der Waals surface area contributed by atoms with Gasteiger partial charge in [0.2, 0.25) is 0 Å². The Hall–Kier alpha value is -1.06. The molecular weight excluding hydrogens is 264 g/mol. The fourth-order valence-electron chi connectivity index (χ4n) is 1.64. The van der Waals surface area contributed by atoms with Crippen LogP contribution in [0.25, 0.3) is 0 Å². The Labute approximate surface area is 117 Å². The summed E-state index contributed by atoms with van der Waals surface area (Å²) in [5, 5.41) is 1.49. The van der Waals surface area contributed by atoms with E-state index in [1.807, 2.05) is 0 Å². The van der Waals surface area contributed by atoms with Gasteiger partial charge in [0.15, 0.2) is 0 Å². The second kappa shape index (κ2) is 5.72. The third-order valence-electron chi connectivity index (χ3n) is 2.61. The van der Waals surface area contributed by atoms with Gasteiger partial charge in [0.25, 0.3) is 0 Å². The quantitative estimate of drug-likeness (QED) is 0.760. The van der Waals surface area contributed by atoms with Crippen molar-refractivity contribution in [1.29, 1.82) is 0 Å². The van der Waals surface area contributed by atoms with Crippen molar-refractivity contribution in [2.75, 3.05) is 0 Å². The lowest BCUT2D eigenvalue weighted by Crippen LogP contribution is -1.97. The third-order valence-corrected chi connectivity index (χ3v) is 3.94. The molecule has 4 heteroatoms. The van der Waals surface area contributed by atoms with Crippen LogP contribution in [0, 0.1) is 6.92 Å². The minimum atomic E-state index is 0.312. The van der Waals surface area contributed by atoms with E-state index in [0.717, 1.165) is 15.5 Å². The van der Waals surface area contributed by atoms with Gasteiger partial charge in [0, 0.05) is 10.5 Å². The summed E-state index contributed by atoms with van der Waals surface area (Å²) in [4.78, 5) is 9.57. The maximum atomic E-state index is 6.15. The Balaban J connectivity index is 2.34. The summed E-state index contributed by atoms with van der Waals surface area (Å²) < 4.78 is 0.